The molecule has 6 rings (SSSR count). The van der Waals surface area contributed by atoms with Gasteiger partial charge in [0, 0.05) is 61.7 Å². The molecule has 0 amide bonds. The van der Waals surface area contributed by atoms with Gasteiger partial charge in [0.2, 0.25) is 5.43 Å². The number of piperazine rings is 1. The van der Waals surface area contributed by atoms with Crippen LogP contribution in [-0.4, -0.2) is 58.8 Å². The first-order chi connectivity index (χ1) is 18.0. The topological polar surface area (TPSA) is 90.7 Å². The number of hydrogen-bond acceptors (Lipinski definition) is 6. The maximum absolute atomic E-state index is 13.0. The molecule has 2 N–H and O–H groups in total. The molecule has 1 saturated heterocycles. The van der Waals surface area contributed by atoms with Crippen molar-refractivity contribution in [2.45, 2.75) is 19.3 Å². The molecule has 0 bridgehead atoms. The maximum atomic E-state index is 13.0. The number of likely N-dealkylation sites (N-methyl/N-ethyl adjacent to an activating group) is 1. The van der Waals surface area contributed by atoms with E-state index in [1.165, 1.54) is 29.2 Å². The smallest absolute Gasteiger partial charge is 0.341 e. The van der Waals surface area contributed by atoms with Crippen molar-refractivity contribution < 1.29 is 9.90 Å². The number of aromatic nitrogens is 2. The zero-order chi connectivity index (χ0) is 25.5. The quantitative estimate of drug-likeness (QED) is 0.431. The SMILES string of the molecule is CN1CCN(c2ccc(Nc3cc4c(cn3)c(=O)c(C(=O)O)cn4-c3ccc4c(c3)CCC4)cc2)CC1. The van der Waals surface area contributed by atoms with Crippen molar-refractivity contribution in [3.05, 3.63) is 87.8 Å². The van der Waals surface area contributed by atoms with E-state index in [4.69, 9.17) is 0 Å². The normalized spacial score (nSPS) is 15.6. The largest absolute Gasteiger partial charge is 0.477 e. The number of aryl methyl sites for hydroxylation is 2. The lowest BCUT2D eigenvalue weighted by Crippen LogP contribution is -2.44. The number of anilines is 3. The van der Waals surface area contributed by atoms with E-state index in [2.05, 4.69) is 51.4 Å². The van der Waals surface area contributed by atoms with Crippen LogP contribution in [0.4, 0.5) is 17.2 Å². The first kappa shape index (κ1) is 23.2. The number of rotatable bonds is 5. The highest BCUT2D eigenvalue weighted by Gasteiger charge is 2.18. The molecular formula is C29H29N5O3. The summed E-state index contributed by atoms with van der Waals surface area (Å²) < 4.78 is 1.79. The van der Waals surface area contributed by atoms with Crippen molar-refractivity contribution in [3.63, 3.8) is 0 Å². The van der Waals surface area contributed by atoms with Crippen molar-refractivity contribution in [2.24, 2.45) is 0 Å². The third kappa shape index (κ3) is 4.44. The monoisotopic (exact) mass is 495 g/mol. The second-order valence-electron chi connectivity index (χ2n) is 9.90. The Kier molecular flexibility index (Phi) is 5.88. The van der Waals surface area contributed by atoms with Gasteiger partial charge in [0.05, 0.1) is 10.9 Å². The molecule has 0 atom stereocenters. The number of aromatic carboxylic acids is 1. The number of carboxylic acid groups (broad SMARTS) is 1. The Bertz CT molecular complexity index is 1550. The fourth-order valence-electron chi connectivity index (χ4n) is 5.33. The van der Waals surface area contributed by atoms with E-state index in [9.17, 15) is 14.7 Å². The van der Waals surface area contributed by atoms with E-state index in [0.717, 1.165) is 56.8 Å². The Balaban J connectivity index is 1.36. The van der Waals surface area contributed by atoms with Gasteiger partial charge in [-0.05, 0) is 73.8 Å². The summed E-state index contributed by atoms with van der Waals surface area (Å²) in [6, 6.07) is 16.3. The molecule has 2 aliphatic rings. The van der Waals surface area contributed by atoms with Crippen molar-refractivity contribution >= 4 is 34.1 Å². The van der Waals surface area contributed by atoms with Crippen LogP contribution in [0.2, 0.25) is 0 Å². The standard InChI is InChI=1S/C29H29N5O3/c1-32-11-13-33(14-12-32)22-9-6-21(7-10-22)31-27-16-26-24(17-30-27)28(35)25(29(36)37)18-34(26)23-8-5-19-3-2-4-20(19)15-23/h5-10,15-18H,2-4,11-14H2,1H3,(H,30,31)(H,36,37). The van der Waals surface area contributed by atoms with Crippen molar-refractivity contribution in [3.8, 4) is 5.69 Å². The van der Waals surface area contributed by atoms with E-state index in [-0.39, 0.29) is 10.9 Å². The fourth-order valence-corrected chi connectivity index (χ4v) is 5.33. The summed E-state index contributed by atoms with van der Waals surface area (Å²) in [4.78, 5) is 34.0. The predicted molar refractivity (Wildman–Crippen MR) is 146 cm³/mol. The van der Waals surface area contributed by atoms with Crippen LogP contribution in [0.1, 0.15) is 27.9 Å². The third-order valence-electron chi connectivity index (χ3n) is 7.49. The van der Waals surface area contributed by atoms with Crippen LogP contribution < -0.4 is 15.6 Å². The Labute approximate surface area is 214 Å². The number of benzene rings is 2. The molecule has 188 valence electrons. The molecule has 1 aliphatic carbocycles. The van der Waals surface area contributed by atoms with Gasteiger partial charge in [-0.1, -0.05) is 6.07 Å². The van der Waals surface area contributed by atoms with Gasteiger partial charge >= 0.3 is 5.97 Å². The highest BCUT2D eigenvalue weighted by molar-refractivity contribution is 5.93. The minimum atomic E-state index is -1.25. The lowest BCUT2D eigenvalue weighted by atomic mass is 10.1. The van der Waals surface area contributed by atoms with E-state index in [0.29, 0.717) is 11.3 Å². The van der Waals surface area contributed by atoms with Gasteiger partial charge in [-0.2, -0.15) is 0 Å². The van der Waals surface area contributed by atoms with Gasteiger partial charge in [-0.15, -0.1) is 0 Å². The Morgan fingerprint density at radius 2 is 1.68 bits per heavy atom. The van der Waals surface area contributed by atoms with E-state index in [1.54, 1.807) is 4.57 Å². The van der Waals surface area contributed by atoms with Crippen LogP contribution in [0.15, 0.2) is 65.7 Å². The van der Waals surface area contributed by atoms with Crippen molar-refractivity contribution in [2.75, 3.05) is 43.4 Å². The summed E-state index contributed by atoms with van der Waals surface area (Å²) in [6.07, 6.45) is 6.08. The van der Waals surface area contributed by atoms with Gasteiger partial charge in [-0.25, -0.2) is 9.78 Å². The number of carbonyl (C=O) groups is 1. The molecule has 2 aromatic carbocycles. The zero-order valence-electron chi connectivity index (χ0n) is 20.8. The summed E-state index contributed by atoms with van der Waals surface area (Å²) in [7, 11) is 2.15. The molecule has 3 heterocycles. The molecule has 0 spiro atoms. The molecule has 0 saturated carbocycles. The first-order valence-electron chi connectivity index (χ1n) is 12.7. The summed E-state index contributed by atoms with van der Waals surface area (Å²) in [5.41, 5.74) is 5.33. The van der Waals surface area contributed by atoms with E-state index < -0.39 is 11.4 Å². The lowest BCUT2D eigenvalue weighted by molar-refractivity contribution is 0.0695. The molecule has 0 radical (unpaired) electrons. The molecule has 0 unspecified atom stereocenters. The maximum Gasteiger partial charge on any atom is 0.341 e. The highest BCUT2D eigenvalue weighted by atomic mass is 16.4. The lowest BCUT2D eigenvalue weighted by Gasteiger charge is -2.34. The average molecular weight is 496 g/mol. The molecule has 8 heteroatoms. The number of hydrogen-bond donors (Lipinski definition) is 2. The van der Waals surface area contributed by atoms with E-state index >= 15 is 0 Å². The first-order valence-corrected chi connectivity index (χ1v) is 12.7. The molecule has 2 aromatic heterocycles. The molecule has 8 nitrogen and oxygen atoms in total. The second-order valence-corrected chi connectivity index (χ2v) is 9.90. The molecular weight excluding hydrogens is 466 g/mol. The van der Waals surface area contributed by atoms with Gasteiger partial charge in [0.1, 0.15) is 11.4 Å². The highest BCUT2D eigenvalue weighted by Crippen LogP contribution is 2.28. The zero-order valence-corrected chi connectivity index (χ0v) is 20.8. The summed E-state index contributed by atoms with van der Waals surface area (Å²) in [6.45, 7) is 4.12. The summed E-state index contributed by atoms with van der Waals surface area (Å²) in [5, 5.41) is 13.3. The number of pyridine rings is 2. The van der Waals surface area contributed by atoms with Gasteiger partial charge in [0.25, 0.3) is 0 Å². The molecule has 1 fully saturated rings. The average Bonchev–Trinajstić information content (AvgIpc) is 3.38. The van der Waals surface area contributed by atoms with Gasteiger partial charge in [0.15, 0.2) is 0 Å². The van der Waals surface area contributed by atoms with Crippen LogP contribution in [-0.2, 0) is 12.8 Å². The molecule has 37 heavy (non-hydrogen) atoms. The van der Waals surface area contributed by atoms with Crippen LogP contribution in [0.5, 0.6) is 0 Å². The van der Waals surface area contributed by atoms with Gasteiger partial charge in [-0.3, -0.25) is 4.79 Å². The van der Waals surface area contributed by atoms with Crippen LogP contribution in [0.25, 0.3) is 16.6 Å². The minimum absolute atomic E-state index is 0.269. The third-order valence-corrected chi connectivity index (χ3v) is 7.49. The van der Waals surface area contributed by atoms with E-state index in [1.807, 2.05) is 24.3 Å². The summed E-state index contributed by atoms with van der Waals surface area (Å²) >= 11 is 0. The number of carboxylic acids is 1. The Hall–Kier alpha value is -4.17. The Morgan fingerprint density at radius 1 is 0.946 bits per heavy atom. The number of fused-ring (bicyclic) bond motifs is 2. The number of nitrogens with zero attached hydrogens (tertiary/aromatic N) is 4. The minimum Gasteiger partial charge on any atom is -0.477 e. The van der Waals surface area contributed by atoms with Crippen LogP contribution in [0.3, 0.4) is 0 Å². The van der Waals surface area contributed by atoms with Crippen molar-refractivity contribution in [1.29, 1.82) is 0 Å². The number of nitrogens with one attached hydrogen (secondary N) is 1. The van der Waals surface area contributed by atoms with Crippen LogP contribution >= 0.6 is 0 Å². The second kappa shape index (κ2) is 9.37. The van der Waals surface area contributed by atoms with Gasteiger partial charge < -0.3 is 24.8 Å². The van der Waals surface area contributed by atoms with Crippen LogP contribution in [0, 0.1) is 0 Å². The summed E-state index contributed by atoms with van der Waals surface area (Å²) in [5.74, 6) is -0.665. The predicted octanol–water partition coefficient (Wildman–Crippen LogP) is 4.07. The molecule has 4 aromatic rings. The Morgan fingerprint density at radius 3 is 2.43 bits per heavy atom. The van der Waals surface area contributed by atoms with Crippen molar-refractivity contribution in [1.82, 2.24) is 14.5 Å². The molecule has 1 aliphatic heterocycles. The fraction of sp³-hybridized carbons (Fsp3) is 0.276.